The fourth-order valence-electron chi connectivity index (χ4n) is 2.41. The lowest BCUT2D eigenvalue weighted by Gasteiger charge is -2.27. The third kappa shape index (κ3) is 4.18. The van der Waals surface area contributed by atoms with Gasteiger partial charge in [0, 0.05) is 17.6 Å². The molecule has 0 unspecified atom stereocenters. The van der Waals surface area contributed by atoms with Crippen LogP contribution in [0.15, 0.2) is 18.2 Å². The zero-order valence-corrected chi connectivity index (χ0v) is 11.8. The first kappa shape index (κ1) is 15.9. The summed E-state index contributed by atoms with van der Waals surface area (Å²) in [4.78, 5) is 12.1. The lowest BCUT2D eigenvalue weighted by Crippen LogP contribution is -2.40. The van der Waals surface area contributed by atoms with Gasteiger partial charge in [0.2, 0.25) is 0 Å². The van der Waals surface area contributed by atoms with Crippen molar-refractivity contribution in [1.82, 2.24) is 5.32 Å². The van der Waals surface area contributed by atoms with Gasteiger partial charge >= 0.3 is 0 Å². The van der Waals surface area contributed by atoms with E-state index in [0.29, 0.717) is 11.1 Å². The average molecular weight is 287 g/mol. The number of benzene rings is 1. The summed E-state index contributed by atoms with van der Waals surface area (Å²) in [6.45, 7) is 1.74. The third-order valence-electron chi connectivity index (χ3n) is 3.54. The predicted octanol–water partition coefficient (Wildman–Crippen LogP) is 2.56. The van der Waals surface area contributed by atoms with Gasteiger partial charge in [0.05, 0.1) is 0 Å². The number of rotatable bonds is 2. The van der Waals surface area contributed by atoms with Gasteiger partial charge in [-0.2, -0.15) is 0 Å². The number of halogens is 2. The van der Waals surface area contributed by atoms with E-state index in [-0.39, 0.29) is 36.2 Å². The molecule has 3 nitrogen and oxygen atoms in total. The average Bonchev–Trinajstić information content (AvgIpc) is 2.32. The highest BCUT2D eigenvalue weighted by Crippen LogP contribution is 2.18. The molecule has 1 aliphatic carbocycles. The number of aryl methyl sites for hydroxylation is 1. The van der Waals surface area contributed by atoms with Crippen molar-refractivity contribution in [2.75, 3.05) is 0 Å². The maximum Gasteiger partial charge on any atom is 0.251 e. The van der Waals surface area contributed by atoms with Crippen molar-refractivity contribution in [2.45, 2.75) is 44.7 Å². The molecule has 0 radical (unpaired) electrons. The quantitative estimate of drug-likeness (QED) is 0.878. The molecule has 0 atom stereocenters. The fraction of sp³-hybridized carbons (Fsp3) is 0.500. The summed E-state index contributed by atoms with van der Waals surface area (Å²) in [5, 5.41) is 3.00. The molecular weight excluding hydrogens is 267 g/mol. The van der Waals surface area contributed by atoms with Gasteiger partial charge in [0.25, 0.3) is 5.91 Å². The lowest BCUT2D eigenvalue weighted by molar-refractivity contribution is 0.0925. The first-order valence-electron chi connectivity index (χ1n) is 6.39. The van der Waals surface area contributed by atoms with E-state index in [1.165, 1.54) is 18.2 Å². The van der Waals surface area contributed by atoms with Crippen LogP contribution in [0, 0.1) is 12.7 Å². The molecule has 3 N–H and O–H groups in total. The van der Waals surface area contributed by atoms with Gasteiger partial charge < -0.3 is 11.1 Å². The molecule has 5 heteroatoms. The highest BCUT2D eigenvalue weighted by molar-refractivity contribution is 5.95. The second-order valence-electron chi connectivity index (χ2n) is 5.04. The summed E-state index contributed by atoms with van der Waals surface area (Å²) in [5.41, 5.74) is 7.04. The Morgan fingerprint density at radius 3 is 2.53 bits per heavy atom. The Labute approximate surface area is 119 Å². The van der Waals surface area contributed by atoms with Crippen LogP contribution in [0.5, 0.6) is 0 Å². The third-order valence-corrected chi connectivity index (χ3v) is 3.54. The normalized spacial score (nSPS) is 22.5. The van der Waals surface area contributed by atoms with E-state index < -0.39 is 0 Å². The Bertz CT molecular complexity index is 445. The van der Waals surface area contributed by atoms with Crippen molar-refractivity contribution in [3.8, 4) is 0 Å². The van der Waals surface area contributed by atoms with E-state index in [4.69, 9.17) is 5.73 Å². The molecule has 2 rings (SSSR count). The highest BCUT2D eigenvalue weighted by atomic mass is 35.5. The van der Waals surface area contributed by atoms with Crippen molar-refractivity contribution >= 4 is 18.3 Å². The molecule has 19 heavy (non-hydrogen) atoms. The molecule has 1 aromatic rings. The SMILES string of the molecule is Cc1cc(F)ccc1C(=O)NC1CCC(N)CC1.Cl. The van der Waals surface area contributed by atoms with E-state index in [9.17, 15) is 9.18 Å². The molecule has 106 valence electrons. The van der Waals surface area contributed by atoms with Crippen molar-refractivity contribution < 1.29 is 9.18 Å². The monoisotopic (exact) mass is 286 g/mol. The Morgan fingerprint density at radius 1 is 1.32 bits per heavy atom. The van der Waals surface area contributed by atoms with Gasteiger partial charge in [-0.3, -0.25) is 4.79 Å². The number of nitrogens with two attached hydrogens (primary N) is 1. The van der Waals surface area contributed by atoms with Gasteiger partial charge in [0.1, 0.15) is 5.82 Å². The van der Waals surface area contributed by atoms with Crippen LogP contribution in [0.4, 0.5) is 4.39 Å². The minimum Gasteiger partial charge on any atom is -0.349 e. The van der Waals surface area contributed by atoms with Gasteiger partial charge in [-0.25, -0.2) is 4.39 Å². The zero-order valence-electron chi connectivity index (χ0n) is 11.0. The second kappa shape index (κ2) is 6.87. The van der Waals surface area contributed by atoms with Crippen LogP contribution in [0.1, 0.15) is 41.6 Å². The predicted molar refractivity (Wildman–Crippen MR) is 76.1 cm³/mol. The van der Waals surface area contributed by atoms with Crippen molar-refractivity contribution in [3.63, 3.8) is 0 Å². The van der Waals surface area contributed by atoms with Crippen LogP contribution in [0.2, 0.25) is 0 Å². The number of carbonyl (C=O) groups is 1. The molecule has 0 saturated heterocycles. The Hall–Kier alpha value is -1.13. The minimum absolute atomic E-state index is 0. The maximum absolute atomic E-state index is 13.0. The van der Waals surface area contributed by atoms with Gasteiger partial charge in [-0.05, 0) is 56.4 Å². The molecule has 1 saturated carbocycles. The standard InChI is InChI=1S/C14H19FN2O.ClH/c1-9-8-10(15)2-7-13(9)14(18)17-12-5-3-11(16)4-6-12;/h2,7-8,11-12H,3-6,16H2,1H3,(H,17,18);1H. The zero-order chi connectivity index (χ0) is 13.1. The van der Waals surface area contributed by atoms with Crippen LogP contribution in [0.3, 0.4) is 0 Å². The molecule has 1 fully saturated rings. The van der Waals surface area contributed by atoms with Crippen LogP contribution in [0.25, 0.3) is 0 Å². The smallest absolute Gasteiger partial charge is 0.251 e. The van der Waals surface area contributed by atoms with Crippen molar-refractivity contribution in [2.24, 2.45) is 5.73 Å². The Kier molecular flexibility index (Phi) is 5.76. The van der Waals surface area contributed by atoms with E-state index in [1.807, 2.05) is 0 Å². The van der Waals surface area contributed by atoms with E-state index in [2.05, 4.69) is 5.32 Å². The molecule has 1 aromatic carbocycles. The Morgan fingerprint density at radius 2 is 1.95 bits per heavy atom. The first-order valence-corrected chi connectivity index (χ1v) is 6.39. The van der Waals surface area contributed by atoms with E-state index in [1.54, 1.807) is 6.92 Å². The summed E-state index contributed by atoms with van der Waals surface area (Å²) in [6, 6.07) is 4.70. The van der Waals surface area contributed by atoms with Gasteiger partial charge in [-0.15, -0.1) is 12.4 Å². The maximum atomic E-state index is 13.0. The number of hydrogen-bond donors (Lipinski definition) is 2. The topological polar surface area (TPSA) is 55.1 Å². The summed E-state index contributed by atoms with van der Waals surface area (Å²) < 4.78 is 13.0. The largest absolute Gasteiger partial charge is 0.349 e. The van der Waals surface area contributed by atoms with E-state index in [0.717, 1.165) is 25.7 Å². The molecule has 1 amide bonds. The van der Waals surface area contributed by atoms with Crippen LogP contribution in [-0.2, 0) is 0 Å². The van der Waals surface area contributed by atoms with Gasteiger partial charge in [0.15, 0.2) is 0 Å². The fourth-order valence-corrected chi connectivity index (χ4v) is 2.41. The summed E-state index contributed by atoms with van der Waals surface area (Å²) in [6.07, 6.45) is 3.75. The molecule has 0 spiro atoms. The molecule has 1 aliphatic rings. The molecular formula is C14H20ClFN2O. The molecule has 0 heterocycles. The summed E-state index contributed by atoms with van der Waals surface area (Å²) in [5.74, 6) is -0.430. The molecule has 0 bridgehead atoms. The van der Waals surface area contributed by atoms with Crippen LogP contribution < -0.4 is 11.1 Å². The highest BCUT2D eigenvalue weighted by Gasteiger charge is 2.21. The molecule has 0 aromatic heterocycles. The van der Waals surface area contributed by atoms with Crippen LogP contribution in [-0.4, -0.2) is 18.0 Å². The van der Waals surface area contributed by atoms with Gasteiger partial charge in [-0.1, -0.05) is 0 Å². The Balaban J connectivity index is 0.00000180. The van der Waals surface area contributed by atoms with Crippen molar-refractivity contribution in [3.05, 3.63) is 35.1 Å². The first-order chi connectivity index (χ1) is 8.56. The van der Waals surface area contributed by atoms with E-state index >= 15 is 0 Å². The lowest BCUT2D eigenvalue weighted by atomic mass is 9.91. The summed E-state index contributed by atoms with van der Waals surface area (Å²) in [7, 11) is 0. The molecule has 0 aliphatic heterocycles. The second-order valence-corrected chi connectivity index (χ2v) is 5.04. The minimum atomic E-state index is -0.312. The van der Waals surface area contributed by atoms with Crippen molar-refractivity contribution in [1.29, 1.82) is 0 Å². The number of hydrogen-bond acceptors (Lipinski definition) is 2. The van der Waals surface area contributed by atoms with Crippen LogP contribution >= 0.6 is 12.4 Å². The summed E-state index contributed by atoms with van der Waals surface area (Å²) >= 11 is 0. The number of amides is 1. The number of carbonyl (C=O) groups excluding carboxylic acids is 1. The number of nitrogens with one attached hydrogen (secondary N) is 1.